The van der Waals surface area contributed by atoms with Crippen molar-refractivity contribution in [3.05, 3.63) is 28.7 Å². The molecular formula is C11H15BrO3S. The second-order valence-corrected chi connectivity index (χ2v) is 7.00. The van der Waals surface area contributed by atoms with Gasteiger partial charge in [0.1, 0.15) is 0 Å². The minimum absolute atomic E-state index is 0.0646. The van der Waals surface area contributed by atoms with Crippen molar-refractivity contribution in [2.75, 3.05) is 5.75 Å². The van der Waals surface area contributed by atoms with Gasteiger partial charge in [0.05, 0.1) is 16.8 Å². The van der Waals surface area contributed by atoms with Crippen LogP contribution >= 0.6 is 15.9 Å². The van der Waals surface area contributed by atoms with Crippen LogP contribution in [0.25, 0.3) is 0 Å². The van der Waals surface area contributed by atoms with Crippen LogP contribution in [0.2, 0.25) is 0 Å². The second-order valence-electron chi connectivity index (χ2n) is 4.05. The summed E-state index contributed by atoms with van der Waals surface area (Å²) in [4.78, 5) is 0.246. The summed E-state index contributed by atoms with van der Waals surface area (Å²) in [7, 11) is -3.39. The maximum absolute atomic E-state index is 11.9. The third-order valence-electron chi connectivity index (χ3n) is 2.33. The minimum atomic E-state index is -3.39. The standard InChI is InChI=1S/C11H15BrO3S/c1-8(2)11(13)7-16(14,15)10-5-3-9(12)4-6-10/h3-6,8,11,13H,7H2,1-2H3. The number of halogens is 1. The molecule has 0 saturated carbocycles. The van der Waals surface area contributed by atoms with Gasteiger partial charge in [-0.1, -0.05) is 29.8 Å². The zero-order valence-electron chi connectivity index (χ0n) is 9.22. The number of hydrogen-bond donors (Lipinski definition) is 1. The van der Waals surface area contributed by atoms with Gasteiger partial charge < -0.3 is 5.11 Å². The summed E-state index contributed by atoms with van der Waals surface area (Å²) < 4.78 is 24.6. The third-order valence-corrected chi connectivity index (χ3v) is 4.63. The van der Waals surface area contributed by atoms with E-state index in [2.05, 4.69) is 15.9 Å². The molecule has 0 aliphatic carbocycles. The van der Waals surface area contributed by atoms with Gasteiger partial charge in [-0.05, 0) is 30.2 Å². The summed E-state index contributed by atoms with van der Waals surface area (Å²) in [6, 6.07) is 6.42. The Morgan fingerprint density at radius 2 is 1.75 bits per heavy atom. The highest BCUT2D eigenvalue weighted by molar-refractivity contribution is 9.10. The predicted octanol–water partition coefficient (Wildman–Crippen LogP) is 2.24. The first-order valence-electron chi connectivity index (χ1n) is 4.99. The molecule has 1 aromatic carbocycles. The fourth-order valence-corrected chi connectivity index (χ4v) is 3.00. The van der Waals surface area contributed by atoms with E-state index in [0.717, 1.165) is 4.47 Å². The van der Waals surface area contributed by atoms with Gasteiger partial charge in [-0.2, -0.15) is 0 Å². The summed E-state index contributed by atoms with van der Waals surface area (Å²) in [5.74, 6) is -0.294. The lowest BCUT2D eigenvalue weighted by Crippen LogP contribution is -2.25. The van der Waals surface area contributed by atoms with Crippen LogP contribution < -0.4 is 0 Å². The second kappa shape index (κ2) is 5.29. The van der Waals surface area contributed by atoms with Crippen LogP contribution in [0, 0.1) is 5.92 Å². The molecule has 0 radical (unpaired) electrons. The molecule has 1 atom stereocenters. The van der Waals surface area contributed by atoms with E-state index in [1.807, 2.05) is 0 Å². The van der Waals surface area contributed by atoms with Crippen molar-refractivity contribution in [1.29, 1.82) is 0 Å². The first-order valence-corrected chi connectivity index (χ1v) is 7.44. The highest BCUT2D eigenvalue weighted by Crippen LogP contribution is 2.17. The van der Waals surface area contributed by atoms with E-state index in [1.54, 1.807) is 26.0 Å². The van der Waals surface area contributed by atoms with E-state index in [1.165, 1.54) is 12.1 Å². The molecule has 1 aromatic rings. The topological polar surface area (TPSA) is 54.4 Å². The van der Waals surface area contributed by atoms with E-state index in [-0.39, 0.29) is 16.6 Å². The van der Waals surface area contributed by atoms with Crippen molar-refractivity contribution in [3.8, 4) is 0 Å². The summed E-state index contributed by atoms with van der Waals surface area (Å²) in [6.45, 7) is 3.59. The third kappa shape index (κ3) is 3.57. The maximum atomic E-state index is 11.9. The minimum Gasteiger partial charge on any atom is -0.392 e. The zero-order chi connectivity index (χ0) is 12.3. The fraction of sp³-hybridized carbons (Fsp3) is 0.455. The first-order chi connectivity index (χ1) is 7.33. The summed E-state index contributed by atoms with van der Waals surface area (Å²) in [5, 5.41) is 9.59. The quantitative estimate of drug-likeness (QED) is 0.928. The molecule has 16 heavy (non-hydrogen) atoms. The molecule has 0 fully saturated rings. The lowest BCUT2D eigenvalue weighted by molar-refractivity contribution is 0.147. The number of sulfone groups is 1. The van der Waals surface area contributed by atoms with Gasteiger partial charge in [0.25, 0.3) is 0 Å². The van der Waals surface area contributed by atoms with Gasteiger partial charge in [0.2, 0.25) is 0 Å². The van der Waals surface area contributed by atoms with Crippen LogP contribution in [0.15, 0.2) is 33.6 Å². The van der Waals surface area contributed by atoms with Crippen LogP contribution in [-0.4, -0.2) is 25.4 Å². The molecule has 0 heterocycles. The van der Waals surface area contributed by atoms with Gasteiger partial charge in [-0.25, -0.2) is 8.42 Å². The first kappa shape index (κ1) is 13.7. The molecule has 90 valence electrons. The molecule has 5 heteroatoms. The van der Waals surface area contributed by atoms with E-state index in [9.17, 15) is 13.5 Å². The molecule has 0 aliphatic heterocycles. The highest BCUT2D eigenvalue weighted by atomic mass is 79.9. The predicted molar refractivity (Wildman–Crippen MR) is 67.0 cm³/mol. The Bertz CT molecular complexity index is 437. The van der Waals surface area contributed by atoms with Crippen molar-refractivity contribution in [1.82, 2.24) is 0 Å². The fourth-order valence-electron chi connectivity index (χ4n) is 1.16. The lowest BCUT2D eigenvalue weighted by atomic mass is 10.1. The Morgan fingerprint density at radius 3 is 2.19 bits per heavy atom. The molecule has 3 nitrogen and oxygen atoms in total. The smallest absolute Gasteiger partial charge is 0.180 e. The van der Waals surface area contributed by atoms with Gasteiger partial charge in [0, 0.05) is 4.47 Å². The van der Waals surface area contributed by atoms with Gasteiger partial charge in [-0.15, -0.1) is 0 Å². The van der Waals surface area contributed by atoms with E-state index >= 15 is 0 Å². The molecule has 0 aromatic heterocycles. The van der Waals surface area contributed by atoms with Crippen molar-refractivity contribution >= 4 is 25.8 Å². The number of rotatable bonds is 4. The van der Waals surface area contributed by atoms with Crippen LogP contribution in [0.3, 0.4) is 0 Å². The summed E-state index contributed by atoms with van der Waals surface area (Å²) >= 11 is 3.24. The zero-order valence-corrected chi connectivity index (χ0v) is 11.6. The molecule has 1 rings (SSSR count). The van der Waals surface area contributed by atoms with E-state index < -0.39 is 15.9 Å². The number of aliphatic hydroxyl groups excluding tert-OH is 1. The SMILES string of the molecule is CC(C)C(O)CS(=O)(=O)c1ccc(Br)cc1. The molecule has 1 unspecified atom stereocenters. The Morgan fingerprint density at radius 1 is 1.25 bits per heavy atom. The number of hydrogen-bond acceptors (Lipinski definition) is 3. The van der Waals surface area contributed by atoms with Gasteiger partial charge >= 0.3 is 0 Å². The average Bonchev–Trinajstić information content (AvgIpc) is 2.17. The molecule has 1 N–H and O–H groups in total. The van der Waals surface area contributed by atoms with Gasteiger partial charge in [-0.3, -0.25) is 0 Å². The monoisotopic (exact) mass is 306 g/mol. The molecule has 0 saturated heterocycles. The van der Waals surface area contributed by atoms with Crippen molar-refractivity contribution in [2.24, 2.45) is 5.92 Å². The van der Waals surface area contributed by atoms with Crippen molar-refractivity contribution in [3.63, 3.8) is 0 Å². The molecule has 0 spiro atoms. The lowest BCUT2D eigenvalue weighted by Gasteiger charge is -2.14. The molecule has 0 bridgehead atoms. The molecule has 0 aliphatic rings. The largest absolute Gasteiger partial charge is 0.392 e. The Labute approximate surface area is 105 Å². The number of benzene rings is 1. The van der Waals surface area contributed by atoms with Crippen LogP contribution in [-0.2, 0) is 9.84 Å². The van der Waals surface area contributed by atoms with Crippen LogP contribution in [0.1, 0.15) is 13.8 Å². The van der Waals surface area contributed by atoms with E-state index in [4.69, 9.17) is 0 Å². The van der Waals surface area contributed by atoms with Crippen LogP contribution in [0.4, 0.5) is 0 Å². The van der Waals surface area contributed by atoms with E-state index in [0.29, 0.717) is 0 Å². The highest BCUT2D eigenvalue weighted by Gasteiger charge is 2.21. The normalized spacial score (nSPS) is 14.1. The Kier molecular flexibility index (Phi) is 4.52. The van der Waals surface area contributed by atoms with Crippen molar-refractivity contribution < 1.29 is 13.5 Å². The molecular weight excluding hydrogens is 292 g/mol. The maximum Gasteiger partial charge on any atom is 0.180 e. The van der Waals surface area contributed by atoms with Crippen LogP contribution in [0.5, 0.6) is 0 Å². The Balaban J connectivity index is 2.90. The average molecular weight is 307 g/mol. The molecule has 0 amide bonds. The number of aliphatic hydroxyl groups is 1. The summed E-state index contributed by atoms with van der Waals surface area (Å²) in [6.07, 6.45) is -0.825. The van der Waals surface area contributed by atoms with Crippen molar-refractivity contribution in [2.45, 2.75) is 24.8 Å². The van der Waals surface area contributed by atoms with Gasteiger partial charge in [0.15, 0.2) is 9.84 Å². The Hall–Kier alpha value is -0.390. The summed E-state index contributed by atoms with van der Waals surface area (Å²) in [5.41, 5.74) is 0.